The molecule has 0 aliphatic rings. The summed E-state index contributed by atoms with van der Waals surface area (Å²) in [4.78, 5) is 9.77. The summed E-state index contributed by atoms with van der Waals surface area (Å²) in [5.41, 5.74) is 0. The Morgan fingerprint density at radius 1 is 1.77 bits per heavy atom. The van der Waals surface area contributed by atoms with E-state index >= 15 is 0 Å². The summed E-state index contributed by atoms with van der Waals surface area (Å²) < 4.78 is 9.15. The Morgan fingerprint density at radius 2 is 2.46 bits per heavy atom. The Morgan fingerprint density at radius 3 is 2.62 bits per heavy atom. The van der Waals surface area contributed by atoms with E-state index in [0.29, 0.717) is 12.0 Å². The number of rotatable bonds is 2. The highest BCUT2D eigenvalue weighted by molar-refractivity contribution is 5.69. The molecule has 0 amide bonds. The third kappa shape index (κ3) is 5.65. The number of aldehydes is 1. The van der Waals surface area contributed by atoms with Gasteiger partial charge in [0.1, 0.15) is 6.10 Å². The van der Waals surface area contributed by atoms with Gasteiger partial charge in [-0.3, -0.25) is 4.79 Å². The fourth-order valence-corrected chi connectivity index (χ4v) is 0.411. The van der Waals surface area contributed by atoms with Gasteiger partial charge in [-0.25, -0.2) is 0 Å². The molecule has 1 aromatic heterocycles. The fourth-order valence-electron chi connectivity index (χ4n) is 0.411. The second kappa shape index (κ2) is 7.07. The van der Waals surface area contributed by atoms with Gasteiger partial charge in [-0.1, -0.05) is 0 Å². The molecule has 0 aliphatic carbocycles. The van der Waals surface area contributed by atoms with E-state index in [4.69, 9.17) is 5.26 Å². The third-order valence-electron chi connectivity index (χ3n) is 1.19. The summed E-state index contributed by atoms with van der Waals surface area (Å²) in [6.07, 6.45) is 1.87. The van der Waals surface area contributed by atoms with E-state index < -0.39 is 0 Å². The lowest BCUT2D eigenvalue weighted by Crippen LogP contribution is -1.97. The van der Waals surface area contributed by atoms with Crippen molar-refractivity contribution in [1.29, 1.82) is 5.26 Å². The monoisotopic (exact) mass is 181 g/mol. The maximum Gasteiger partial charge on any atom is 0.185 e. The Hall–Kier alpha value is -1.60. The van der Waals surface area contributed by atoms with Crippen LogP contribution < -0.4 is 0 Å². The van der Waals surface area contributed by atoms with Gasteiger partial charge in [0.2, 0.25) is 0 Å². The number of carbonyl (C=O) groups is 1. The number of hydrogen-bond donors (Lipinski definition) is 0. The van der Waals surface area contributed by atoms with E-state index in [0.717, 1.165) is 0 Å². The van der Waals surface area contributed by atoms with Crippen molar-refractivity contribution in [3.05, 3.63) is 24.2 Å². The van der Waals surface area contributed by atoms with Crippen LogP contribution in [0.15, 0.2) is 22.8 Å². The smallest absolute Gasteiger partial charge is 0.185 e. The molecular formula is C9H11NO3. The van der Waals surface area contributed by atoms with Crippen molar-refractivity contribution in [3.8, 4) is 6.07 Å². The van der Waals surface area contributed by atoms with Crippen molar-refractivity contribution in [3.63, 3.8) is 0 Å². The highest BCUT2D eigenvalue weighted by Gasteiger charge is 1.88. The van der Waals surface area contributed by atoms with Gasteiger partial charge in [0.15, 0.2) is 12.0 Å². The summed E-state index contributed by atoms with van der Waals surface area (Å²) in [7, 11) is 1.51. The summed E-state index contributed by atoms with van der Waals surface area (Å²) in [6, 6.07) is 5.17. The van der Waals surface area contributed by atoms with E-state index in [1.165, 1.54) is 13.4 Å². The quantitative estimate of drug-likeness (QED) is 0.650. The highest BCUT2D eigenvalue weighted by atomic mass is 16.5. The maximum absolute atomic E-state index is 9.77. The molecule has 1 aromatic rings. The lowest BCUT2D eigenvalue weighted by molar-refractivity contribution is 0.110. The van der Waals surface area contributed by atoms with Crippen LogP contribution in [0.4, 0.5) is 0 Å². The number of carbonyl (C=O) groups excluding carboxylic acids is 1. The van der Waals surface area contributed by atoms with Crippen LogP contribution in [-0.4, -0.2) is 19.5 Å². The highest BCUT2D eigenvalue weighted by Crippen LogP contribution is 1.92. The van der Waals surface area contributed by atoms with E-state index in [9.17, 15) is 4.79 Å². The van der Waals surface area contributed by atoms with Gasteiger partial charge in [-0.15, -0.1) is 0 Å². The number of nitrogens with zero attached hydrogens (tertiary/aromatic N) is 1. The number of nitriles is 1. The largest absolute Gasteiger partial charge is 0.462 e. The standard InChI is InChI=1S/C5H4O2.C4H7NO/c6-4-5-2-1-3-7-5;1-4(3-5)6-2/h1-4H;4H,1-2H3. The number of ether oxygens (including phenoxy) is 1. The van der Waals surface area contributed by atoms with Crippen molar-refractivity contribution in [2.45, 2.75) is 13.0 Å². The first-order valence-corrected chi connectivity index (χ1v) is 3.65. The van der Waals surface area contributed by atoms with Crippen LogP contribution in [0.1, 0.15) is 17.5 Å². The lowest BCUT2D eigenvalue weighted by Gasteiger charge is -1.91. The molecular weight excluding hydrogens is 170 g/mol. The molecule has 70 valence electrons. The van der Waals surface area contributed by atoms with E-state index in [2.05, 4.69) is 9.15 Å². The van der Waals surface area contributed by atoms with Crippen molar-refractivity contribution in [2.75, 3.05) is 7.11 Å². The number of furan rings is 1. The van der Waals surface area contributed by atoms with Gasteiger partial charge in [-0.2, -0.15) is 5.26 Å². The van der Waals surface area contributed by atoms with E-state index in [-0.39, 0.29) is 6.10 Å². The molecule has 0 fully saturated rings. The van der Waals surface area contributed by atoms with Gasteiger partial charge in [0.25, 0.3) is 0 Å². The van der Waals surface area contributed by atoms with Gasteiger partial charge < -0.3 is 9.15 Å². The van der Waals surface area contributed by atoms with Crippen molar-refractivity contribution in [2.24, 2.45) is 0 Å². The second-order valence-corrected chi connectivity index (χ2v) is 2.14. The predicted molar refractivity (Wildman–Crippen MR) is 46.2 cm³/mol. The SMILES string of the molecule is COC(C)C#N.O=Cc1ccco1. The fraction of sp³-hybridized carbons (Fsp3) is 0.333. The van der Waals surface area contributed by atoms with Crippen LogP contribution in [0.25, 0.3) is 0 Å². The van der Waals surface area contributed by atoms with Gasteiger partial charge in [0, 0.05) is 7.11 Å². The first-order chi connectivity index (χ1) is 6.24. The normalized spacial score (nSPS) is 10.5. The molecule has 0 saturated carbocycles. The zero-order valence-electron chi connectivity index (χ0n) is 7.56. The van der Waals surface area contributed by atoms with Crippen LogP contribution in [0.5, 0.6) is 0 Å². The Balaban J connectivity index is 0.000000226. The molecule has 0 bridgehead atoms. The molecule has 0 N–H and O–H groups in total. The zero-order valence-corrected chi connectivity index (χ0v) is 7.56. The minimum absolute atomic E-state index is 0.259. The molecule has 1 rings (SSSR count). The van der Waals surface area contributed by atoms with Crippen molar-refractivity contribution < 1.29 is 13.9 Å². The van der Waals surface area contributed by atoms with Crippen molar-refractivity contribution in [1.82, 2.24) is 0 Å². The molecule has 0 spiro atoms. The minimum Gasteiger partial charge on any atom is -0.462 e. The maximum atomic E-state index is 9.77. The first kappa shape index (κ1) is 11.4. The van der Waals surface area contributed by atoms with Gasteiger partial charge in [-0.05, 0) is 19.1 Å². The molecule has 0 radical (unpaired) electrons. The molecule has 0 aromatic carbocycles. The number of methoxy groups -OCH3 is 1. The van der Waals surface area contributed by atoms with E-state index in [1.807, 2.05) is 6.07 Å². The topological polar surface area (TPSA) is 63.2 Å². The van der Waals surface area contributed by atoms with Crippen molar-refractivity contribution >= 4 is 6.29 Å². The zero-order chi connectivity index (χ0) is 10.1. The molecule has 4 heteroatoms. The average Bonchev–Trinajstić information content (AvgIpc) is 2.70. The Labute approximate surface area is 76.7 Å². The van der Waals surface area contributed by atoms with Crippen LogP contribution in [-0.2, 0) is 4.74 Å². The van der Waals surface area contributed by atoms with Crippen LogP contribution in [0.3, 0.4) is 0 Å². The summed E-state index contributed by atoms with van der Waals surface area (Å²) in [5.74, 6) is 0.375. The molecule has 0 saturated heterocycles. The van der Waals surface area contributed by atoms with Gasteiger partial charge >= 0.3 is 0 Å². The lowest BCUT2D eigenvalue weighted by atomic mass is 10.5. The first-order valence-electron chi connectivity index (χ1n) is 3.65. The number of hydrogen-bond acceptors (Lipinski definition) is 4. The molecule has 1 heterocycles. The molecule has 1 unspecified atom stereocenters. The second-order valence-electron chi connectivity index (χ2n) is 2.14. The predicted octanol–water partition coefficient (Wildman–Crippen LogP) is 1.64. The Kier molecular flexibility index (Phi) is 6.20. The molecule has 1 atom stereocenters. The molecule has 4 nitrogen and oxygen atoms in total. The summed E-state index contributed by atoms with van der Waals surface area (Å²) >= 11 is 0. The summed E-state index contributed by atoms with van der Waals surface area (Å²) in [6.45, 7) is 1.69. The minimum atomic E-state index is -0.259. The Bertz CT molecular complexity index is 261. The van der Waals surface area contributed by atoms with E-state index in [1.54, 1.807) is 19.1 Å². The summed E-state index contributed by atoms with van der Waals surface area (Å²) in [5, 5.41) is 7.96. The molecule has 0 aliphatic heterocycles. The van der Waals surface area contributed by atoms with Gasteiger partial charge in [0.05, 0.1) is 12.3 Å². The molecule has 13 heavy (non-hydrogen) atoms. The average molecular weight is 181 g/mol. The third-order valence-corrected chi connectivity index (χ3v) is 1.19. The van der Waals surface area contributed by atoms with Crippen LogP contribution >= 0.6 is 0 Å². The van der Waals surface area contributed by atoms with Crippen LogP contribution in [0, 0.1) is 11.3 Å². The van der Waals surface area contributed by atoms with Crippen LogP contribution in [0.2, 0.25) is 0 Å².